The molecular weight excluding hydrogens is 579 g/mol. The normalized spacial score (nSPS) is 23.0. The molecule has 2 aliphatic rings. The van der Waals surface area contributed by atoms with Crippen LogP contribution in [0, 0.1) is 5.92 Å². The highest BCUT2D eigenvalue weighted by atomic mass is 28.4. The quantitative estimate of drug-likeness (QED) is 0.193. The monoisotopic (exact) mass is 633 g/mol. The third-order valence-electron chi connectivity index (χ3n) is 11.1. The first-order valence-electron chi connectivity index (χ1n) is 17.0. The van der Waals surface area contributed by atoms with Crippen molar-refractivity contribution < 1.29 is 18.8 Å². The molecule has 5 rings (SSSR count). The van der Waals surface area contributed by atoms with Crippen LogP contribution in [0.5, 0.6) is 0 Å². The number of carbonyl (C=O) groups excluding carboxylic acids is 1. The van der Waals surface area contributed by atoms with E-state index in [-0.39, 0.29) is 21.5 Å². The Labute approximate surface area is 271 Å². The van der Waals surface area contributed by atoms with Gasteiger partial charge in [0.1, 0.15) is 5.82 Å². The van der Waals surface area contributed by atoms with E-state index in [0.717, 1.165) is 62.1 Å². The maximum Gasteiger partial charge on any atom is 0.257 e. The fraction of sp³-hybridized carbons (Fsp3) is 0.639. The number of likely N-dealkylation sites (tertiary alicyclic amines) is 1. The SMILES string of the molecule is CC(C)(C)[N+]1(C(=O)[O-])CCC[C@H](Cn2c(CN(CCO[Si](C)(C)C(C)(C)C)[C@H]3CCCc4cccnc43)nc3ccccc32)C1. The molecule has 0 spiro atoms. The first-order valence-corrected chi connectivity index (χ1v) is 19.9. The largest absolute Gasteiger partial charge is 0.498 e. The number of carboxylic acid groups (broad SMARTS) is 1. The van der Waals surface area contributed by atoms with Crippen molar-refractivity contribution in [3.05, 3.63) is 59.7 Å². The third kappa shape index (κ3) is 6.92. The fourth-order valence-corrected chi connectivity index (χ4v) is 8.32. The molecule has 1 aromatic carbocycles. The zero-order chi connectivity index (χ0) is 32.6. The first kappa shape index (κ1) is 33.8. The lowest BCUT2D eigenvalue weighted by molar-refractivity contribution is -0.927. The summed E-state index contributed by atoms with van der Waals surface area (Å²) >= 11 is 0. The van der Waals surface area contributed by atoms with Crippen molar-refractivity contribution >= 4 is 25.4 Å². The number of para-hydroxylation sites is 2. The topological polar surface area (TPSA) is 83.3 Å². The van der Waals surface area contributed by atoms with Gasteiger partial charge in [-0.3, -0.25) is 14.4 Å². The minimum Gasteiger partial charge on any atom is -0.498 e. The number of nitrogens with zero attached hydrogens (tertiary/aromatic N) is 5. The van der Waals surface area contributed by atoms with Crippen molar-refractivity contribution in [1.82, 2.24) is 19.4 Å². The van der Waals surface area contributed by atoms with E-state index >= 15 is 0 Å². The van der Waals surface area contributed by atoms with Crippen LogP contribution < -0.4 is 5.11 Å². The van der Waals surface area contributed by atoms with E-state index in [0.29, 0.717) is 26.2 Å². The second-order valence-electron chi connectivity index (χ2n) is 16.0. The van der Waals surface area contributed by atoms with E-state index in [9.17, 15) is 9.90 Å². The minimum atomic E-state index is -1.91. The van der Waals surface area contributed by atoms with Gasteiger partial charge in [0, 0.05) is 31.8 Å². The van der Waals surface area contributed by atoms with Crippen LogP contribution in [0.1, 0.15) is 90.3 Å². The van der Waals surface area contributed by atoms with E-state index < -0.39 is 19.9 Å². The molecule has 45 heavy (non-hydrogen) atoms. The van der Waals surface area contributed by atoms with Crippen LogP contribution in [0.15, 0.2) is 42.6 Å². The molecule has 0 radical (unpaired) electrons. The second kappa shape index (κ2) is 12.9. The van der Waals surface area contributed by atoms with Gasteiger partial charge in [0.2, 0.25) is 0 Å². The Hall–Kier alpha value is -2.59. The van der Waals surface area contributed by atoms with Gasteiger partial charge in [-0.2, -0.15) is 0 Å². The van der Waals surface area contributed by atoms with Crippen LogP contribution in [-0.4, -0.2) is 70.1 Å². The lowest BCUT2D eigenvalue weighted by atomic mass is 9.89. The van der Waals surface area contributed by atoms with Crippen molar-refractivity contribution in [1.29, 1.82) is 0 Å². The molecule has 3 heterocycles. The van der Waals surface area contributed by atoms with E-state index in [1.54, 1.807) is 0 Å². The summed E-state index contributed by atoms with van der Waals surface area (Å²) in [5.41, 5.74) is 4.20. The zero-order valence-electron chi connectivity index (χ0n) is 28.9. The number of carbonyl (C=O) groups is 1. The van der Waals surface area contributed by atoms with Gasteiger partial charge in [0.05, 0.1) is 47.9 Å². The van der Waals surface area contributed by atoms with Crippen molar-refractivity contribution in [3.63, 3.8) is 0 Å². The number of rotatable bonds is 9. The minimum absolute atomic E-state index is 0.00106. The van der Waals surface area contributed by atoms with Crippen molar-refractivity contribution in [2.45, 2.75) is 116 Å². The molecule has 1 aliphatic carbocycles. The Morgan fingerprint density at radius 3 is 2.56 bits per heavy atom. The lowest BCUT2D eigenvalue weighted by Crippen LogP contribution is -2.70. The molecule has 0 bridgehead atoms. The number of hydrogen-bond donors (Lipinski definition) is 0. The Kier molecular flexibility index (Phi) is 9.67. The van der Waals surface area contributed by atoms with Crippen molar-refractivity contribution in [2.75, 3.05) is 26.2 Å². The van der Waals surface area contributed by atoms with Crippen LogP contribution in [-0.2, 0) is 23.9 Å². The van der Waals surface area contributed by atoms with Gasteiger partial charge in [0.15, 0.2) is 8.32 Å². The lowest BCUT2D eigenvalue weighted by Gasteiger charge is -2.52. The van der Waals surface area contributed by atoms with Crippen LogP contribution in [0.4, 0.5) is 4.79 Å². The summed E-state index contributed by atoms with van der Waals surface area (Å²) in [7, 11) is -1.91. The molecule has 0 saturated carbocycles. The number of aromatic nitrogens is 3. The summed E-state index contributed by atoms with van der Waals surface area (Å²) in [5, 5.41) is 12.8. The number of aryl methyl sites for hydroxylation is 1. The van der Waals surface area contributed by atoms with Crippen molar-refractivity contribution in [3.8, 4) is 0 Å². The third-order valence-corrected chi connectivity index (χ3v) is 15.7. The van der Waals surface area contributed by atoms with Crippen LogP contribution in [0.2, 0.25) is 18.1 Å². The Bertz CT molecular complexity index is 1490. The maximum absolute atomic E-state index is 12.6. The smallest absolute Gasteiger partial charge is 0.257 e. The molecule has 2 aromatic heterocycles. The second-order valence-corrected chi connectivity index (χ2v) is 20.8. The van der Waals surface area contributed by atoms with Crippen molar-refractivity contribution in [2.24, 2.45) is 5.92 Å². The van der Waals surface area contributed by atoms with Crippen LogP contribution in [0.3, 0.4) is 0 Å². The molecule has 1 aliphatic heterocycles. The summed E-state index contributed by atoms with van der Waals surface area (Å²) in [6.07, 6.45) is 6.11. The summed E-state index contributed by atoms with van der Waals surface area (Å²) < 4.78 is 9.09. The summed E-state index contributed by atoms with van der Waals surface area (Å²) in [4.78, 5) is 25.3. The molecule has 1 saturated heterocycles. The number of fused-ring (bicyclic) bond motifs is 2. The molecule has 3 aromatic rings. The molecule has 8 nitrogen and oxygen atoms in total. The Morgan fingerprint density at radius 1 is 1.09 bits per heavy atom. The predicted molar refractivity (Wildman–Crippen MR) is 181 cm³/mol. The fourth-order valence-electron chi connectivity index (χ4n) is 7.28. The van der Waals surface area contributed by atoms with Gasteiger partial charge in [0.25, 0.3) is 6.09 Å². The van der Waals surface area contributed by atoms with Gasteiger partial charge >= 0.3 is 0 Å². The van der Waals surface area contributed by atoms with Gasteiger partial charge in [-0.05, 0) is 94.8 Å². The highest BCUT2D eigenvalue weighted by Gasteiger charge is 2.46. The number of imidazole rings is 1. The molecule has 1 unspecified atom stereocenters. The average molecular weight is 634 g/mol. The Balaban J connectivity index is 1.48. The van der Waals surface area contributed by atoms with Crippen LogP contribution >= 0.6 is 0 Å². The van der Waals surface area contributed by atoms with Gasteiger partial charge in [-0.15, -0.1) is 0 Å². The van der Waals surface area contributed by atoms with E-state index in [4.69, 9.17) is 14.4 Å². The molecule has 1 amide bonds. The van der Waals surface area contributed by atoms with E-state index in [2.05, 4.69) is 73.7 Å². The number of quaternary nitrogens is 1. The highest BCUT2D eigenvalue weighted by Crippen LogP contribution is 2.38. The molecule has 1 fully saturated rings. The molecular formula is C36H55N5O3Si. The molecule has 0 N–H and O–H groups in total. The van der Waals surface area contributed by atoms with E-state index in [1.165, 1.54) is 11.3 Å². The van der Waals surface area contributed by atoms with Gasteiger partial charge in [-0.25, -0.2) is 4.98 Å². The molecule has 9 heteroatoms. The molecule has 246 valence electrons. The number of pyridine rings is 1. The Morgan fingerprint density at radius 2 is 1.84 bits per heavy atom. The summed E-state index contributed by atoms with van der Waals surface area (Å²) in [6, 6.07) is 12.9. The number of benzene rings is 1. The predicted octanol–water partition coefficient (Wildman–Crippen LogP) is 6.70. The number of amides is 1. The average Bonchev–Trinajstić information content (AvgIpc) is 3.31. The summed E-state index contributed by atoms with van der Waals surface area (Å²) in [6.45, 7) is 21.7. The highest BCUT2D eigenvalue weighted by molar-refractivity contribution is 6.74. The standard InChI is InChI=1S/C36H55N5O3Si/c1-35(2,3)41(34(42)43)22-13-14-27(26-41)24-40-30-18-10-9-17-29(30)38-32(40)25-39(21-23-44-45(7,8)36(4,5)6)31-19-11-15-28-16-12-20-37-33(28)31/h9-10,12,16-18,20,27,31H,11,13-15,19,21-26H2,1-8H3/t27-,31+,41?/m1/s1. The number of piperidine rings is 1. The number of hydrogen-bond acceptors (Lipinski definition) is 6. The van der Waals surface area contributed by atoms with Crippen LogP contribution in [0.25, 0.3) is 11.0 Å². The van der Waals surface area contributed by atoms with E-state index in [1.807, 2.05) is 33.0 Å². The molecule has 3 atom stereocenters. The summed E-state index contributed by atoms with van der Waals surface area (Å²) in [5.74, 6) is 1.24. The first-order chi connectivity index (χ1) is 21.1. The van der Waals surface area contributed by atoms with Gasteiger partial charge in [-0.1, -0.05) is 39.0 Å². The maximum atomic E-state index is 12.6. The zero-order valence-corrected chi connectivity index (χ0v) is 29.9. The van der Waals surface area contributed by atoms with Gasteiger partial charge < -0.3 is 18.9 Å².